The topological polar surface area (TPSA) is 76.2 Å². The molecule has 2 heterocycles. The Bertz CT molecular complexity index is 719. The first-order valence-corrected chi connectivity index (χ1v) is 5.30. The number of pyridine rings is 1. The molecule has 0 spiro atoms. The number of hydrogen-bond acceptors (Lipinski definition) is 4. The summed E-state index contributed by atoms with van der Waals surface area (Å²) in [5.74, 6) is -0.657. The molecular weight excluding hydrogens is 232 g/mol. The first kappa shape index (κ1) is 10.5. The second kappa shape index (κ2) is 3.96. The molecule has 3 aromatic rings. The monoisotopic (exact) mass is 240 g/mol. The highest BCUT2D eigenvalue weighted by Gasteiger charge is 2.12. The van der Waals surface area contributed by atoms with Gasteiger partial charge in [-0.25, -0.2) is 14.8 Å². The van der Waals surface area contributed by atoms with E-state index in [9.17, 15) is 4.79 Å². The molecule has 0 fully saturated rings. The SMILES string of the molecule is O=C(O)c1ccc2nc(-c3ccccc3)oc2n1. The molecule has 3 rings (SSSR count). The van der Waals surface area contributed by atoms with E-state index in [-0.39, 0.29) is 11.4 Å². The van der Waals surface area contributed by atoms with Crippen LogP contribution in [-0.4, -0.2) is 21.0 Å². The number of carbonyl (C=O) groups is 1. The highest BCUT2D eigenvalue weighted by Crippen LogP contribution is 2.22. The fourth-order valence-electron chi connectivity index (χ4n) is 1.64. The maximum Gasteiger partial charge on any atom is 0.354 e. The standard InChI is InChI=1S/C13H8N2O3/c16-13(17)10-7-6-9-12(15-10)18-11(14-9)8-4-2-1-3-5-8/h1-7H,(H,16,17). The zero-order chi connectivity index (χ0) is 12.5. The first-order valence-electron chi connectivity index (χ1n) is 5.30. The van der Waals surface area contributed by atoms with Gasteiger partial charge in [-0.3, -0.25) is 0 Å². The number of nitrogens with zero attached hydrogens (tertiary/aromatic N) is 2. The molecule has 0 bridgehead atoms. The largest absolute Gasteiger partial charge is 0.477 e. The van der Waals surface area contributed by atoms with Crippen molar-refractivity contribution in [1.29, 1.82) is 0 Å². The van der Waals surface area contributed by atoms with Crippen LogP contribution in [0.25, 0.3) is 22.7 Å². The highest BCUT2D eigenvalue weighted by atomic mass is 16.4. The molecule has 1 N–H and O–H groups in total. The van der Waals surface area contributed by atoms with E-state index in [0.29, 0.717) is 11.4 Å². The lowest BCUT2D eigenvalue weighted by Gasteiger charge is -1.91. The predicted octanol–water partition coefficient (Wildman–Crippen LogP) is 2.59. The Labute approximate surface area is 102 Å². The van der Waals surface area contributed by atoms with Gasteiger partial charge in [0.25, 0.3) is 0 Å². The third-order valence-corrected chi connectivity index (χ3v) is 2.50. The summed E-state index contributed by atoms with van der Waals surface area (Å²) in [7, 11) is 0. The van der Waals surface area contributed by atoms with E-state index in [0.717, 1.165) is 5.56 Å². The maximum atomic E-state index is 10.8. The third-order valence-electron chi connectivity index (χ3n) is 2.50. The second-order valence-corrected chi connectivity index (χ2v) is 3.71. The van der Waals surface area contributed by atoms with E-state index in [1.165, 1.54) is 6.07 Å². The van der Waals surface area contributed by atoms with Crippen molar-refractivity contribution in [3.8, 4) is 11.5 Å². The second-order valence-electron chi connectivity index (χ2n) is 3.71. The average molecular weight is 240 g/mol. The maximum absolute atomic E-state index is 10.8. The molecule has 1 aromatic carbocycles. The van der Waals surface area contributed by atoms with Crippen LogP contribution in [-0.2, 0) is 0 Å². The molecule has 0 amide bonds. The van der Waals surface area contributed by atoms with Crippen LogP contribution in [0.2, 0.25) is 0 Å². The van der Waals surface area contributed by atoms with Crippen molar-refractivity contribution in [3.05, 3.63) is 48.2 Å². The molecule has 0 unspecified atom stereocenters. The minimum atomic E-state index is -1.09. The van der Waals surface area contributed by atoms with Gasteiger partial charge in [-0.2, -0.15) is 0 Å². The van der Waals surface area contributed by atoms with Crippen molar-refractivity contribution in [2.24, 2.45) is 0 Å². The Balaban J connectivity index is 2.14. The fraction of sp³-hybridized carbons (Fsp3) is 0. The number of carboxylic acid groups (broad SMARTS) is 1. The van der Waals surface area contributed by atoms with E-state index in [1.807, 2.05) is 30.3 Å². The van der Waals surface area contributed by atoms with Crippen molar-refractivity contribution in [3.63, 3.8) is 0 Å². The van der Waals surface area contributed by atoms with Crippen LogP contribution in [0, 0.1) is 0 Å². The number of carboxylic acids is 1. The molecule has 0 atom stereocenters. The van der Waals surface area contributed by atoms with Crippen molar-refractivity contribution in [1.82, 2.24) is 9.97 Å². The van der Waals surface area contributed by atoms with Gasteiger partial charge in [0.2, 0.25) is 11.6 Å². The van der Waals surface area contributed by atoms with Gasteiger partial charge in [0.15, 0.2) is 5.69 Å². The van der Waals surface area contributed by atoms with Crippen LogP contribution >= 0.6 is 0 Å². The number of benzene rings is 1. The van der Waals surface area contributed by atoms with Gasteiger partial charge >= 0.3 is 5.97 Å². The van der Waals surface area contributed by atoms with Crippen molar-refractivity contribution in [2.45, 2.75) is 0 Å². The quantitative estimate of drug-likeness (QED) is 0.745. The molecule has 0 saturated carbocycles. The molecule has 18 heavy (non-hydrogen) atoms. The molecule has 88 valence electrons. The molecule has 5 nitrogen and oxygen atoms in total. The lowest BCUT2D eigenvalue weighted by Crippen LogP contribution is -1.98. The summed E-state index contributed by atoms with van der Waals surface area (Å²) in [6, 6.07) is 12.4. The van der Waals surface area contributed by atoms with Crippen LogP contribution in [0.3, 0.4) is 0 Å². The number of hydrogen-bond donors (Lipinski definition) is 1. The van der Waals surface area contributed by atoms with Gasteiger partial charge < -0.3 is 9.52 Å². The number of fused-ring (bicyclic) bond motifs is 1. The van der Waals surface area contributed by atoms with Crippen LogP contribution in [0.5, 0.6) is 0 Å². The van der Waals surface area contributed by atoms with Crippen molar-refractivity contribution >= 4 is 17.2 Å². The van der Waals surface area contributed by atoms with Crippen LogP contribution < -0.4 is 0 Å². The zero-order valence-corrected chi connectivity index (χ0v) is 9.20. The van der Waals surface area contributed by atoms with Crippen LogP contribution in [0.1, 0.15) is 10.5 Å². The normalized spacial score (nSPS) is 10.7. The number of rotatable bonds is 2. The summed E-state index contributed by atoms with van der Waals surface area (Å²) >= 11 is 0. The van der Waals surface area contributed by atoms with E-state index in [4.69, 9.17) is 9.52 Å². The Morgan fingerprint density at radius 2 is 1.83 bits per heavy atom. The minimum Gasteiger partial charge on any atom is -0.477 e. The fourth-order valence-corrected chi connectivity index (χ4v) is 1.64. The van der Waals surface area contributed by atoms with E-state index >= 15 is 0 Å². The third kappa shape index (κ3) is 1.71. The lowest BCUT2D eigenvalue weighted by molar-refractivity contribution is 0.0690. The molecule has 5 heteroatoms. The van der Waals surface area contributed by atoms with Crippen LogP contribution in [0.15, 0.2) is 46.9 Å². The van der Waals surface area contributed by atoms with Crippen molar-refractivity contribution < 1.29 is 14.3 Å². The van der Waals surface area contributed by atoms with E-state index < -0.39 is 5.97 Å². The number of aromatic nitrogens is 2. The van der Waals surface area contributed by atoms with Crippen molar-refractivity contribution in [2.75, 3.05) is 0 Å². The Morgan fingerprint density at radius 1 is 1.06 bits per heavy atom. The number of aromatic carboxylic acids is 1. The predicted molar refractivity (Wildman–Crippen MR) is 64.2 cm³/mol. The highest BCUT2D eigenvalue weighted by molar-refractivity contribution is 5.88. The molecule has 0 aliphatic carbocycles. The Kier molecular flexibility index (Phi) is 2.30. The summed E-state index contributed by atoms with van der Waals surface area (Å²) in [5.41, 5.74) is 1.54. The van der Waals surface area contributed by atoms with Gasteiger partial charge in [0.1, 0.15) is 5.52 Å². The van der Waals surface area contributed by atoms with Crippen LogP contribution in [0.4, 0.5) is 0 Å². The summed E-state index contributed by atoms with van der Waals surface area (Å²) in [6.45, 7) is 0. The Hall–Kier alpha value is -2.69. The molecule has 0 aliphatic rings. The average Bonchev–Trinajstić information content (AvgIpc) is 2.82. The summed E-state index contributed by atoms with van der Waals surface area (Å²) in [5, 5.41) is 8.84. The molecule has 0 aliphatic heterocycles. The molecule has 0 saturated heterocycles. The molecule has 2 aromatic heterocycles. The van der Waals surface area contributed by atoms with E-state index in [1.54, 1.807) is 6.07 Å². The first-order chi connectivity index (χ1) is 8.74. The van der Waals surface area contributed by atoms with Gasteiger partial charge in [-0.05, 0) is 24.3 Å². The summed E-state index contributed by atoms with van der Waals surface area (Å²) < 4.78 is 5.46. The molecular formula is C13H8N2O3. The van der Waals surface area contributed by atoms with E-state index in [2.05, 4.69) is 9.97 Å². The zero-order valence-electron chi connectivity index (χ0n) is 9.20. The Morgan fingerprint density at radius 3 is 2.56 bits per heavy atom. The summed E-state index contributed by atoms with van der Waals surface area (Å²) in [4.78, 5) is 19.0. The lowest BCUT2D eigenvalue weighted by atomic mass is 10.2. The summed E-state index contributed by atoms with van der Waals surface area (Å²) in [6.07, 6.45) is 0. The molecule has 0 radical (unpaired) electrons. The minimum absolute atomic E-state index is 0.0572. The van der Waals surface area contributed by atoms with Gasteiger partial charge in [0.05, 0.1) is 0 Å². The van der Waals surface area contributed by atoms with Gasteiger partial charge in [-0.1, -0.05) is 18.2 Å². The number of oxazole rings is 1. The van der Waals surface area contributed by atoms with Gasteiger partial charge in [0, 0.05) is 5.56 Å². The van der Waals surface area contributed by atoms with Gasteiger partial charge in [-0.15, -0.1) is 0 Å². The smallest absolute Gasteiger partial charge is 0.354 e.